The van der Waals surface area contributed by atoms with Crippen LogP contribution >= 0.6 is 0 Å². The Hall–Kier alpha value is -2.68. The Morgan fingerprint density at radius 3 is 2.45 bits per heavy atom. The lowest BCUT2D eigenvalue weighted by Gasteiger charge is -2.09. The second kappa shape index (κ2) is 6.85. The molecule has 0 saturated heterocycles. The Morgan fingerprint density at radius 2 is 1.91 bits per heavy atom. The van der Waals surface area contributed by atoms with E-state index < -0.39 is 11.6 Å². The molecule has 6 heteroatoms. The highest BCUT2D eigenvalue weighted by molar-refractivity contribution is 5.87. The van der Waals surface area contributed by atoms with Gasteiger partial charge in [-0.2, -0.15) is 10.2 Å². The summed E-state index contributed by atoms with van der Waals surface area (Å²) in [4.78, 5) is 22.5. The number of carbonyl (C=O) groups excluding carboxylic acids is 1. The van der Waals surface area contributed by atoms with Crippen molar-refractivity contribution in [1.82, 2.24) is 5.32 Å². The molecule has 0 aliphatic carbocycles. The summed E-state index contributed by atoms with van der Waals surface area (Å²) in [6.45, 7) is 0.365. The van der Waals surface area contributed by atoms with Crippen LogP contribution in [0, 0.1) is 12.3 Å². The molecule has 0 bridgehead atoms. The quantitative estimate of drug-likeness (QED) is 0.722. The normalized spacial score (nSPS) is 14.1. The predicted molar refractivity (Wildman–Crippen MR) is 80.1 cm³/mol. The molecule has 1 aliphatic heterocycles. The fourth-order valence-corrected chi connectivity index (χ4v) is 2.04. The van der Waals surface area contributed by atoms with E-state index in [1.165, 1.54) is 12.1 Å². The van der Waals surface area contributed by atoms with E-state index in [9.17, 15) is 9.59 Å². The molecule has 2 rings (SSSR count). The molecule has 1 aromatic rings. The first kappa shape index (κ1) is 15.7. The van der Waals surface area contributed by atoms with Crippen LogP contribution in [0.4, 0.5) is 0 Å². The zero-order chi connectivity index (χ0) is 16.0. The minimum Gasteiger partial charge on any atom is -0.478 e. The first-order chi connectivity index (χ1) is 10.5. The Balaban J connectivity index is 1.72. The summed E-state index contributed by atoms with van der Waals surface area (Å²) in [6.07, 6.45) is 7.41. The zero-order valence-electron chi connectivity index (χ0n) is 12.1. The van der Waals surface area contributed by atoms with Crippen LogP contribution in [-0.2, 0) is 11.3 Å². The van der Waals surface area contributed by atoms with E-state index >= 15 is 0 Å². The van der Waals surface area contributed by atoms with Gasteiger partial charge in [-0.1, -0.05) is 12.1 Å². The Bertz CT molecular complexity index is 623. The SMILES string of the molecule is C#CCCC1(CCC(=O)NCc2ccc(C(=O)O)cc2)N=N1. The van der Waals surface area contributed by atoms with E-state index in [1.807, 2.05) is 0 Å². The lowest BCUT2D eigenvalue weighted by molar-refractivity contribution is -0.121. The lowest BCUT2D eigenvalue weighted by Crippen LogP contribution is -2.24. The number of terminal acetylenes is 1. The number of carboxylic acids is 1. The van der Waals surface area contributed by atoms with Crippen molar-refractivity contribution in [2.24, 2.45) is 10.2 Å². The number of rotatable bonds is 8. The zero-order valence-corrected chi connectivity index (χ0v) is 12.1. The van der Waals surface area contributed by atoms with E-state index in [2.05, 4.69) is 21.5 Å². The second-order valence-corrected chi connectivity index (χ2v) is 5.17. The molecule has 1 aromatic carbocycles. The number of nitrogens with zero attached hydrogens (tertiary/aromatic N) is 2. The van der Waals surface area contributed by atoms with Crippen LogP contribution in [0.1, 0.15) is 41.6 Å². The third-order valence-corrected chi connectivity index (χ3v) is 3.50. The number of amides is 1. The maximum Gasteiger partial charge on any atom is 0.335 e. The number of aromatic carboxylic acids is 1. The average Bonchev–Trinajstić information content (AvgIpc) is 3.30. The summed E-state index contributed by atoms with van der Waals surface area (Å²) < 4.78 is 0. The Labute approximate surface area is 128 Å². The van der Waals surface area contributed by atoms with Gasteiger partial charge in [0.1, 0.15) is 0 Å². The summed E-state index contributed by atoms with van der Waals surface area (Å²) >= 11 is 0. The third kappa shape index (κ3) is 4.42. The average molecular weight is 299 g/mol. The van der Waals surface area contributed by atoms with E-state index in [0.29, 0.717) is 32.2 Å². The van der Waals surface area contributed by atoms with Crippen LogP contribution in [0.3, 0.4) is 0 Å². The summed E-state index contributed by atoms with van der Waals surface area (Å²) in [7, 11) is 0. The molecule has 1 heterocycles. The molecule has 0 saturated carbocycles. The minimum absolute atomic E-state index is 0.0836. The van der Waals surface area contributed by atoms with Crippen LogP contribution < -0.4 is 5.32 Å². The van der Waals surface area contributed by atoms with Crippen molar-refractivity contribution < 1.29 is 14.7 Å². The topological polar surface area (TPSA) is 91.1 Å². The molecule has 2 N–H and O–H groups in total. The highest BCUT2D eigenvalue weighted by Crippen LogP contribution is 2.37. The lowest BCUT2D eigenvalue weighted by atomic mass is 10.0. The van der Waals surface area contributed by atoms with Crippen LogP contribution in [0.15, 0.2) is 34.5 Å². The van der Waals surface area contributed by atoms with Gasteiger partial charge in [0.2, 0.25) is 5.91 Å². The summed E-state index contributed by atoms with van der Waals surface area (Å²) in [5, 5.41) is 19.6. The minimum atomic E-state index is -0.968. The first-order valence-electron chi connectivity index (χ1n) is 7.01. The first-order valence-corrected chi connectivity index (χ1v) is 7.01. The van der Waals surface area contributed by atoms with Gasteiger partial charge >= 0.3 is 5.97 Å². The van der Waals surface area contributed by atoms with Crippen molar-refractivity contribution in [3.05, 3.63) is 35.4 Å². The smallest absolute Gasteiger partial charge is 0.335 e. The molecule has 0 spiro atoms. The van der Waals surface area contributed by atoms with Gasteiger partial charge in [0, 0.05) is 32.2 Å². The molecule has 22 heavy (non-hydrogen) atoms. The van der Waals surface area contributed by atoms with Crippen molar-refractivity contribution in [2.75, 3.05) is 0 Å². The molecule has 0 unspecified atom stereocenters. The van der Waals surface area contributed by atoms with Crippen LogP contribution in [-0.4, -0.2) is 22.6 Å². The molecule has 0 fully saturated rings. The van der Waals surface area contributed by atoms with Crippen molar-refractivity contribution in [3.63, 3.8) is 0 Å². The van der Waals surface area contributed by atoms with Crippen molar-refractivity contribution in [2.45, 2.75) is 37.9 Å². The van der Waals surface area contributed by atoms with Gasteiger partial charge in [0.05, 0.1) is 5.56 Å². The van der Waals surface area contributed by atoms with Crippen molar-refractivity contribution in [1.29, 1.82) is 0 Å². The maximum absolute atomic E-state index is 11.8. The molecule has 0 atom stereocenters. The molecule has 0 aromatic heterocycles. The van der Waals surface area contributed by atoms with Gasteiger partial charge in [0.15, 0.2) is 5.66 Å². The van der Waals surface area contributed by atoms with Gasteiger partial charge in [-0.05, 0) is 17.7 Å². The molecular formula is C16H17N3O3. The van der Waals surface area contributed by atoms with Gasteiger partial charge in [-0.25, -0.2) is 4.79 Å². The van der Waals surface area contributed by atoms with E-state index in [1.54, 1.807) is 12.1 Å². The summed E-state index contributed by atoms with van der Waals surface area (Å²) in [5.74, 6) is 1.50. The number of hydrogen-bond donors (Lipinski definition) is 2. The van der Waals surface area contributed by atoms with Gasteiger partial charge < -0.3 is 10.4 Å². The molecule has 1 aliphatic rings. The number of hydrogen-bond acceptors (Lipinski definition) is 4. The third-order valence-electron chi connectivity index (χ3n) is 3.50. The predicted octanol–water partition coefficient (Wildman–Crippen LogP) is 2.36. The fourth-order valence-electron chi connectivity index (χ4n) is 2.04. The fraction of sp³-hybridized carbons (Fsp3) is 0.375. The highest BCUT2D eigenvalue weighted by Gasteiger charge is 2.39. The van der Waals surface area contributed by atoms with Gasteiger partial charge in [-0.3, -0.25) is 4.79 Å². The highest BCUT2D eigenvalue weighted by atomic mass is 16.4. The Kier molecular flexibility index (Phi) is 4.89. The maximum atomic E-state index is 11.8. The van der Waals surface area contributed by atoms with Crippen molar-refractivity contribution in [3.8, 4) is 12.3 Å². The van der Waals surface area contributed by atoms with E-state index in [-0.39, 0.29) is 11.5 Å². The van der Waals surface area contributed by atoms with E-state index in [0.717, 1.165) is 5.56 Å². The largest absolute Gasteiger partial charge is 0.478 e. The molecule has 0 radical (unpaired) electrons. The second-order valence-electron chi connectivity index (χ2n) is 5.17. The molecule has 114 valence electrons. The number of carboxylic acid groups (broad SMARTS) is 1. The van der Waals surface area contributed by atoms with Crippen LogP contribution in [0.5, 0.6) is 0 Å². The van der Waals surface area contributed by atoms with Crippen LogP contribution in [0.2, 0.25) is 0 Å². The monoisotopic (exact) mass is 299 g/mol. The number of benzene rings is 1. The Morgan fingerprint density at radius 1 is 1.23 bits per heavy atom. The summed E-state index contributed by atoms with van der Waals surface area (Å²) in [6, 6.07) is 6.40. The van der Waals surface area contributed by atoms with Crippen molar-refractivity contribution >= 4 is 11.9 Å². The summed E-state index contributed by atoms with van der Waals surface area (Å²) in [5.41, 5.74) is 0.635. The molecule has 1 amide bonds. The van der Waals surface area contributed by atoms with Crippen LogP contribution in [0.25, 0.3) is 0 Å². The van der Waals surface area contributed by atoms with Gasteiger partial charge in [-0.15, -0.1) is 12.3 Å². The van der Waals surface area contributed by atoms with Gasteiger partial charge in [0.25, 0.3) is 0 Å². The number of carbonyl (C=O) groups is 2. The standard InChI is InChI=1S/C16H17N3O3/c1-2-3-9-16(18-19-16)10-8-14(20)17-11-12-4-6-13(7-5-12)15(21)22/h1,4-7H,3,8-11H2,(H,17,20)(H,21,22). The molecule has 6 nitrogen and oxygen atoms in total. The van der Waals surface area contributed by atoms with E-state index in [4.69, 9.17) is 11.5 Å². The molecular weight excluding hydrogens is 282 g/mol. The number of nitrogens with one attached hydrogen (secondary N) is 1.